The molecule has 1 amide bonds. The van der Waals surface area contributed by atoms with Crippen LogP contribution in [0.3, 0.4) is 0 Å². The summed E-state index contributed by atoms with van der Waals surface area (Å²) in [6.07, 6.45) is 1.01. The Labute approximate surface area is 128 Å². The number of ether oxygens (including phenoxy) is 1. The number of nitro groups is 1. The van der Waals surface area contributed by atoms with Gasteiger partial charge in [-0.05, 0) is 32.8 Å². The van der Waals surface area contributed by atoms with E-state index in [0.717, 1.165) is 12.8 Å². The first kappa shape index (κ1) is 15.9. The van der Waals surface area contributed by atoms with E-state index >= 15 is 0 Å². The molecule has 0 aromatic heterocycles. The van der Waals surface area contributed by atoms with Crippen LogP contribution in [0.4, 0.5) is 5.69 Å². The molecule has 1 aliphatic rings. The van der Waals surface area contributed by atoms with Crippen molar-refractivity contribution in [2.75, 3.05) is 13.1 Å². The van der Waals surface area contributed by atoms with Crippen LogP contribution in [-0.2, 0) is 9.53 Å². The Morgan fingerprint density at radius 1 is 1.32 bits per heavy atom. The second kappa shape index (κ2) is 6.55. The first-order valence-corrected chi connectivity index (χ1v) is 7.15. The highest BCUT2D eigenvalue weighted by Gasteiger charge is 2.27. The van der Waals surface area contributed by atoms with Crippen molar-refractivity contribution in [2.24, 2.45) is 0 Å². The predicted molar refractivity (Wildman–Crippen MR) is 78.5 cm³/mol. The molecule has 1 aliphatic heterocycles. The molecule has 1 aromatic carbocycles. The lowest BCUT2D eigenvalue weighted by Gasteiger charge is -2.20. The van der Waals surface area contributed by atoms with E-state index in [9.17, 15) is 19.7 Å². The standard InChI is InChI=1S/C15H18N2O5/c1-10-12(6-5-7-13(10)17(20)21)15(19)22-11(2)14(18)16-8-3-4-9-16/h5-7,11H,3-4,8-9H2,1-2H3. The Hall–Kier alpha value is -2.44. The van der Waals surface area contributed by atoms with Crippen molar-refractivity contribution in [3.05, 3.63) is 39.4 Å². The molecular formula is C15H18N2O5. The zero-order valence-electron chi connectivity index (χ0n) is 12.6. The molecule has 2 rings (SSSR count). The van der Waals surface area contributed by atoms with Crippen molar-refractivity contribution in [1.82, 2.24) is 4.90 Å². The molecule has 7 heteroatoms. The van der Waals surface area contributed by atoms with Crippen LogP contribution in [0.15, 0.2) is 18.2 Å². The Morgan fingerprint density at radius 3 is 2.55 bits per heavy atom. The molecule has 0 saturated carbocycles. The lowest BCUT2D eigenvalue weighted by atomic mass is 10.1. The maximum atomic E-state index is 12.2. The number of hydrogen-bond donors (Lipinski definition) is 0. The van der Waals surface area contributed by atoms with Gasteiger partial charge in [-0.3, -0.25) is 14.9 Å². The van der Waals surface area contributed by atoms with Crippen LogP contribution in [0.2, 0.25) is 0 Å². The van der Waals surface area contributed by atoms with Gasteiger partial charge in [0.25, 0.3) is 11.6 Å². The smallest absolute Gasteiger partial charge is 0.339 e. The summed E-state index contributed by atoms with van der Waals surface area (Å²) < 4.78 is 5.17. The molecule has 0 bridgehead atoms. The lowest BCUT2D eigenvalue weighted by molar-refractivity contribution is -0.385. The van der Waals surface area contributed by atoms with Crippen molar-refractivity contribution in [3.8, 4) is 0 Å². The lowest BCUT2D eigenvalue weighted by Crippen LogP contribution is -2.38. The number of rotatable bonds is 4. The SMILES string of the molecule is Cc1c(C(=O)OC(C)C(=O)N2CCCC2)cccc1[N+](=O)[O-]. The van der Waals surface area contributed by atoms with Crippen molar-refractivity contribution in [3.63, 3.8) is 0 Å². The molecule has 118 valence electrons. The van der Waals surface area contributed by atoms with Gasteiger partial charge in [0.15, 0.2) is 6.10 Å². The summed E-state index contributed by atoms with van der Waals surface area (Å²) >= 11 is 0. The molecule has 1 aromatic rings. The van der Waals surface area contributed by atoms with Crippen molar-refractivity contribution < 1.29 is 19.2 Å². The summed E-state index contributed by atoms with van der Waals surface area (Å²) in [7, 11) is 0. The number of benzene rings is 1. The van der Waals surface area contributed by atoms with E-state index in [4.69, 9.17) is 4.74 Å². The monoisotopic (exact) mass is 306 g/mol. The highest BCUT2D eigenvalue weighted by atomic mass is 16.6. The largest absolute Gasteiger partial charge is 0.449 e. The highest BCUT2D eigenvalue weighted by Crippen LogP contribution is 2.22. The van der Waals surface area contributed by atoms with E-state index < -0.39 is 17.0 Å². The van der Waals surface area contributed by atoms with Crippen molar-refractivity contribution >= 4 is 17.6 Å². The van der Waals surface area contributed by atoms with Gasteiger partial charge in [0.1, 0.15) is 0 Å². The second-order valence-electron chi connectivity index (χ2n) is 5.29. The minimum Gasteiger partial charge on any atom is -0.449 e. The summed E-state index contributed by atoms with van der Waals surface area (Å²) in [5, 5.41) is 10.9. The molecular weight excluding hydrogens is 288 g/mol. The van der Waals surface area contributed by atoms with Gasteiger partial charge in [-0.15, -0.1) is 0 Å². The van der Waals surface area contributed by atoms with Gasteiger partial charge in [0.2, 0.25) is 0 Å². The fraction of sp³-hybridized carbons (Fsp3) is 0.467. The Bertz CT molecular complexity index is 608. The van der Waals surface area contributed by atoms with Gasteiger partial charge >= 0.3 is 5.97 Å². The number of esters is 1. The minimum absolute atomic E-state index is 0.107. The van der Waals surface area contributed by atoms with E-state index in [2.05, 4.69) is 0 Å². The van der Waals surface area contributed by atoms with Gasteiger partial charge in [-0.2, -0.15) is 0 Å². The Balaban J connectivity index is 2.10. The molecule has 1 unspecified atom stereocenters. The first-order chi connectivity index (χ1) is 10.4. The van der Waals surface area contributed by atoms with Crippen LogP contribution in [0.25, 0.3) is 0 Å². The maximum Gasteiger partial charge on any atom is 0.339 e. The summed E-state index contributed by atoms with van der Waals surface area (Å²) in [5.74, 6) is -0.949. The molecule has 1 atom stereocenters. The number of carbonyl (C=O) groups excluding carboxylic acids is 2. The Morgan fingerprint density at radius 2 is 1.95 bits per heavy atom. The van der Waals surface area contributed by atoms with Crippen molar-refractivity contribution in [1.29, 1.82) is 0 Å². The molecule has 7 nitrogen and oxygen atoms in total. The third-order valence-corrected chi connectivity index (χ3v) is 3.77. The van der Waals surface area contributed by atoms with Gasteiger partial charge in [0, 0.05) is 24.7 Å². The van der Waals surface area contributed by atoms with Gasteiger partial charge in [0.05, 0.1) is 10.5 Å². The van der Waals surface area contributed by atoms with Crippen LogP contribution >= 0.6 is 0 Å². The average molecular weight is 306 g/mol. The fourth-order valence-electron chi connectivity index (χ4n) is 2.51. The van der Waals surface area contributed by atoms with Gasteiger partial charge < -0.3 is 9.64 Å². The number of nitro benzene ring substituents is 1. The second-order valence-corrected chi connectivity index (χ2v) is 5.29. The van der Waals surface area contributed by atoms with Crippen LogP contribution in [0.1, 0.15) is 35.7 Å². The van der Waals surface area contributed by atoms with E-state index in [0.29, 0.717) is 13.1 Å². The topological polar surface area (TPSA) is 89.8 Å². The molecule has 22 heavy (non-hydrogen) atoms. The quantitative estimate of drug-likeness (QED) is 0.482. The van der Waals surface area contributed by atoms with Crippen LogP contribution < -0.4 is 0 Å². The van der Waals surface area contributed by atoms with Crippen molar-refractivity contribution in [2.45, 2.75) is 32.8 Å². The number of nitrogens with zero attached hydrogens (tertiary/aromatic N) is 2. The molecule has 1 saturated heterocycles. The maximum absolute atomic E-state index is 12.2. The predicted octanol–water partition coefficient (Wildman–Crippen LogP) is 2.07. The summed E-state index contributed by atoms with van der Waals surface area (Å²) in [5.41, 5.74) is 0.196. The van der Waals surface area contributed by atoms with E-state index in [1.165, 1.54) is 32.0 Å². The zero-order valence-corrected chi connectivity index (χ0v) is 12.6. The zero-order chi connectivity index (χ0) is 16.3. The van der Waals surface area contributed by atoms with E-state index in [1.807, 2.05) is 0 Å². The van der Waals surface area contributed by atoms with E-state index in [-0.39, 0.29) is 22.7 Å². The molecule has 1 fully saturated rings. The number of carbonyl (C=O) groups is 2. The third kappa shape index (κ3) is 3.24. The summed E-state index contributed by atoms with van der Waals surface area (Å²) in [6, 6.07) is 4.21. The molecule has 0 N–H and O–H groups in total. The minimum atomic E-state index is -0.899. The molecule has 0 spiro atoms. The van der Waals surface area contributed by atoms with Gasteiger partial charge in [-0.1, -0.05) is 6.07 Å². The molecule has 1 heterocycles. The van der Waals surface area contributed by atoms with Crippen LogP contribution in [0, 0.1) is 17.0 Å². The van der Waals surface area contributed by atoms with Crippen LogP contribution in [0.5, 0.6) is 0 Å². The average Bonchev–Trinajstić information content (AvgIpc) is 3.00. The molecule has 0 radical (unpaired) electrons. The number of amides is 1. The number of likely N-dealkylation sites (tertiary alicyclic amines) is 1. The highest BCUT2D eigenvalue weighted by molar-refractivity contribution is 5.94. The number of hydrogen-bond acceptors (Lipinski definition) is 5. The Kier molecular flexibility index (Phi) is 4.75. The van der Waals surface area contributed by atoms with E-state index in [1.54, 1.807) is 4.90 Å². The van der Waals surface area contributed by atoms with Crippen LogP contribution in [-0.4, -0.2) is 40.9 Å². The molecule has 0 aliphatic carbocycles. The normalized spacial score (nSPS) is 15.5. The fourth-order valence-corrected chi connectivity index (χ4v) is 2.51. The van der Waals surface area contributed by atoms with Gasteiger partial charge in [-0.25, -0.2) is 4.79 Å². The summed E-state index contributed by atoms with van der Waals surface area (Å²) in [4.78, 5) is 36.3. The third-order valence-electron chi connectivity index (χ3n) is 3.77. The first-order valence-electron chi connectivity index (χ1n) is 7.15. The summed E-state index contributed by atoms with van der Waals surface area (Å²) in [6.45, 7) is 4.36.